The third kappa shape index (κ3) is 11.3. The Balaban J connectivity index is 0.000000605. The summed E-state index contributed by atoms with van der Waals surface area (Å²) in [6, 6.07) is 10.2. The first-order valence-electron chi connectivity index (χ1n) is 11.0. The van der Waals surface area contributed by atoms with Crippen molar-refractivity contribution in [2.75, 3.05) is 23.6 Å². The van der Waals surface area contributed by atoms with E-state index in [1.165, 1.54) is 36.4 Å². The fraction of sp³-hybridized carbons (Fsp3) is 0.263. The summed E-state index contributed by atoms with van der Waals surface area (Å²) < 4.78 is 42.8. The average Bonchev–Trinajstić information content (AvgIpc) is 2.78. The number of hydrogen-bond acceptors (Lipinski definition) is 6. The van der Waals surface area contributed by atoms with Gasteiger partial charge in [0.15, 0.2) is 0 Å². The number of carbonyl (C=O) groups excluding carboxylic acids is 2. The monoisotopic (exact) mass is 497 g/mol. The van der Waals surface area contributed by atoms with Crippen LogP contribution in [0.5, 0.6) is 0 Å². The van der Waals surface area contributed by atoms with Gasteiger partial charge in [0.2, 0.25) is 11.1 Å². The average molecular weight is 499 g/mol. The van der Waals surface area contributed by atoms with Crippen molar-refractivity contribution in [3.05, 3.63) is 74.3 Å². The van der Waals surface area contributed by atoms with Crippen LogP contribution in [-0.4, -0.2) is 39.7 Å². The number of nitro groups is 2. The normalized spacial score (nSPS) is 13.0. The van der Waals surface area contributed by atoms with Crippen LogP contribution < -0.4 is 4.90 Å². The minimum Gasteiger partial charge on any atom is -0.314 e. The highest BCUT2D eigenvalue weighted by atomic mass is 35.5. The molecule has 1 amide bonds. The summed E-state index contributed by atoms with van der Waals surface area (Å²) in [7, 11) is 0. The summed E-state index contributed by atoms with van der Waals surface area (Å²) in [5.74, 6) is -1.39. The van der Waals surface area contributed by atoms with Crippen molar-refractivity contribution in [1.29, 1.82) is 0 Å². The maximum absolute atomic E-state index is 11.5. The first-order valence-corrected chi connectivity index (χ1v) is 9.48. The molecule has 0 fully saturated rings. The van der Waals surface area contributed by atoms with E-state index in [1.54, 1.807) is 0 Å². The van der Waals surface area contributed by atoms with Gasteiger partial charge in [0.1, 0.15) is 5.88 Å². The van der Waals surface area contributed by atoms with E-state index in [0.29, 0.717) is 10.5 Å². The molecule has 0 unspecified atom stereocenters. The highest BCUT2D eigenvalue weighted by molar-refractivity contribution is 6.67. The number of nitrogens with zero attached hydrogens (tertiary/aromatic N) is 3. The fourth-order valence-corrected chi connectivity index (χ4v) is 1.78. The Labute approximate surface area is 202 Å². The largest absolute Gasteiger partial charge is 0.314 e. The van der Waals surface area contributed by atoms with Crippen LogP contribution in [-0.2, 0) is 16.0 Å². The number of benzene rings is 2. The Hall–Kier alpha value is -2.75. The van der Waals surface area contributed by atoms with Crippen LogP contribution in [0, 0.1) is 20.2 Å². The smallest absolute Gasteiger partial charge is 0.269 e. The van der Waals surface area contributed by atoms with E-state index >= 15 is 0 Å². The molecule has 31 heavy (non-hydrogen) atoms. The number of anilines is 1. The van der Waals surface area contributed by atoms with E-state index in [0.717, 1.165) is 12.1 Å². The van der Waals surface area contributed by atoms with Gasteiger partial charge in [-0.1, -0.05) is 19.0 Å². The Morgan fingerprint density at radius 1 is 0.935 bits per heavy atom. The SMILES string of the molecule is O=C(Cl)CCl.[2H]C([2H])([2H])Cc1ccc([N+](=O)[O-])cc1.[2H]C([2H])([2H])N(C(=O)CCl)c1ccc([N+](=O)[O-])cc1. The topological polar surface area (TPSA) is 124 Å². The number of nitro benzene ring substituents is 2. The molecule has 0 saturated carbocycles. The third-order valence-electron chi connectivity index (χ3n) is 3.14. The van der Waals surface area contributed by atoms with Crippen molar-refractivity contribution in [3.63, 3.8) is 0 Å². The van der Waals surface area contributed by atoms with Gasteiger partial charge in [-0.25, -0.2) is 0 Å². The number of carbonyl (C=O) groups is 2. The van der Waals surface area contributed by atoms with E-state index in [4.69, 9.17) is 43.0 Å². The van der Waals surface area contributed by atoms with Crippen LogP contribution in [0.2, 0.25) is 0 Å². The maximum Gasteiger partial charge on any atom is 0.269 e. The molecule has 0 bridgehead atoms. The van der Waals surface area contributed by atoms with Crippen molar-refractivity contribution in [2.45, 2.75) is 13.3 Å². The van der Waals surface area contributed by atoms with E-state index < -0.39 is 40.7 Å². The van der Waals surface area contributed by atoms with Crippen molar-refractivity contribution in [1.82, 2.24) is 0 Å². The molecule has 0 N–H and O–H groups in total. The Morgan fingerprint density at radius 2 is 1.39 bits per heavy atom. The first kappa shape index (κ1) is 19.0. The van der Waals surface area contributed by atoms with Crippen molar-refractivity contribution in [2.24, 2.45) is 0 Å². The van der Waals surface area contributed by atoms with E-state index in [-0.39, 0.29) is 29.4 Å². The zero-order valence-electron chi connectivity index (χ0n) is 21.7. The Morgan fingerprint density at radius 3 is 1.71 bits per heavy atom. The molecule has 2 aromatic carbocycles. The molecule has 2 aromatic rings. The molecule has 0 spiro atoms. The number of rotatable bonds is 6. The zero-order chi connectivity index (χ0) is 29.0. The standard InChI is InChI=1S/C9H9ClN2O3.C8H9NO2.C2H2Cl2O/c1-11(9(13)6-10)7-2-4-8(5-3-7)12(14)15;1-2-7-3-5-8(6-4-7)9(10)11;3-1-2(4)5/h2-5H,6H2,1H3;3-6H,2H2,1H3;1H2/i2*1D3;. The van der Waals surface area contributed by atoms with Crippen LogP contribution in [0.15, 0.2) is 48.5 Å². The van der Waals surface area contributed by atoms with Gasteiger partial charge < -0.3 is 4.90 Å². The fourth-order valence-electron chi connectivity index (χ4n) is 1.66. The molecule has 2 rings (SSSR count). The van der Waals surface area contributed by atoms with Gasteiger partial charge in [-0.3, -0.25) is 29.8 Å². The highest BCUT2D eigenvalue weighted by Crippen LogP contribution is 2.18. The third-order valence-corrected chi connectivity index (χ3v) is 3.88. The van der Waals surface area contributed by atoms with Gasteiger partial charge in [0, 0.05) is 45.2 Å². The molecule has 0 atom stereocenters. The summed E-state index contributed by atoms with van der Waals surface area (Å²) in [5.41, 5.74) is 0.392. The quantitative estimate of drug-likeness (QED) is 0.240. The minimum absolute atomic E-state index is 0.0284. The molecular weight excluding hydrogens is 473 g/mol. The number of hydrogen-bond donors (Lipinski definition) is 0. The van der Waals surface area contributed by atoms with Gasteiger partial charge in [-0.15, -0.1) is 23.2 Å². The predicted molar refractivity (Wildman–Crippen MR) is 121 cm³/mol. The minimum atomic E-state index is -2.69. The second kappa shape index (κ2) is 15.1. The summed E-state index contributed by atoms with van der Waals surface area (Å²) in [6.45, 7) is -4.72. The first-order chi connectivity index (χ1) is 16.9. The van der Waals surface area contributed by atoms with Gasteiger partial charge in [-0.2, -0.15) is 0 Å². The number of non-ortho nitro benzene ring substituents is 2. The van der Waals surface area contributed by atoms with Crippen LogP contribution in [0.3, 0.4) is 0 Å². The molecule has 0 heterocycles. The summed E-state index contributed by atoms with van der Waals surface area (Å²) in [5, 5.41) is 20.2. The Kier molecular flexibility index (Phi) is 9.25. The highest BCUT2D eigenvalue weighted by Gasteiger charge is 2.11. The molecule has 0 aromatic heterocycles. The number of amides is 1. The van der Waals surface area contributed by atoms with E-state index in [9.17, 15) is 29.8 Å². The summed E-state index contributed by atoms with van der Waals surface area (Å²) in [6.07, 6.45) is -0.0645. The number of aryl methyl sites for hydroxylation is 1. The van der Waals surface area contributed by atoms with Gasteiger partial charge in [0.05, 0.1) is 15.7 Å². The number of halogens is 3. The van der Waals surface area contributed by atoms with Gasteiger partial charge >= 0.3 is 0 Å². The lowest BCUT2D eigenvalue weighted by atomic mass is 10.2. The van der Waals surface area contributed by atoms with Crippen LogP contribution in [0.1, 0.15) is 20.6 Å². The lowest BCUT2D eigenvalue weighted by Gasteiger charge is -2.15. The molecule has 0 aliphatic heterocycles. The molecule has 0 saturated heterocycles. The molecule has 0 aliphatic carbocycles. The summed E-state index contributed by atoms with van der Waals surface area (Å²) >= 11 is 14.9. The second-order valence-electron chi connectivity index (χ2n) is 5.23. The predicted octanol–water partition coefficient (Wildman–Crippen LogP) is 4.94. The molecular formula is C19H20Cl3N3O6. The lowest BCUT2D eigenvalue weighted by molar-refractivity contribution is -0.385. The molecule has 0 radical (unpaired) electrons. The molecule has 9 nitrogen and oxygen atoms in total. The van der Waals surface area contributed by atoms with Crippen LogP contribution >= 0.6 is 34.8 Å². The molecule has 168 valence electrons. The van der Waals surface area contributed by atoms with Crippen LogP contribution in [0.4, 0.5) is 17.1 Å². The molecule has 0 aliphatic rings. The van der Waals surface area contributed by atoms with Gasteiger partial charge in [-0.05, 0) is 35.7 Å². The van der Waals surface area contributed by atoms with Crippen molar-refractivity contribution >= 4 is 63.0 Å². The zero-order valence-corrected chi connectivity index (χ0v) is 17.9. The number of alkyl halides is 2. The van der Waals surface area contributed by atoms with E-state index in [1.807, 2.05) is 0 Å². The molecule has 12 heteroatoms. The summed E-state index contributed by atoms with van der Waals surface area (Å²) in [4.78, 5) is 41.1. The van der Waals surface area contributed by atoms with Crippen molar-refractivity contribution < 1.29 is 27.7 Å². The van der Waals surface area contributed by atoms with Crippen molar-refractivity contribution in [3.8, 4) is 0 Å². The lowest BCUT2D eigenvalue weighted by Crippen LogP contribution is -2.27. The maximum atomic E-state index is 11.5. The van der Waals surface area contributed by atoms with E-state index in [2.05, 4.69) is 0 Å². The second-order valence-corrected chi connectivity index (χ2v) is 6.18. The van der Waals surface area contributed by atoms with Gasteiger partial charge in [0.25, 0.3) is 11.4 Å². The van der Waals surface area contributed by atoms with Crippen LogP contribution in [0.25, 0.3) is 0 Å². The Bertz CT molecular complexity index is 1070.